The summed E-state index contributed by atoms with van der Waals surface area (Å²) in [6, 6.07) is 3.93. The summed E-state index contributed by atoms with van der Waals surface area (Å²) >= 11 is 0. The third-order valence-electron chi connectivity index (χ3n) is 3.29. The molecule has 0 fully saturated rings. The number of hydrogen-bond acceptors (Lipinski definition) is 2. The highest BCUT2D eigenvalue weighted by Gasteiger charge is 2.09. The lowest BCUT2D eigenvalue weighted by atomic mass is 10.1. The Bertz CT molecular complexity index is 546. The average molecular weight is 279 g/mol. The van der Waals surface area contributed by atoms with Crippen molar-refractivity contribution < 1.29 is 8.78 Å². The van der Waals surface area contributed by atoms with Gasteiger partial charge in [0.25, 0.3) is 0 Å². The monoisotopic (exact) mass is 279 g/mol. The fourth-order valence-corrected chi connectivity index (χ4v) is 2.14. The van der Waals surface area contributed by atoms with Crippen LogP contribution in [-0.4, -0.2) is 16.1 Å². The Morgan fingerprint density at radius 1 is 1.30 bits per heavy atom. The smallest absolute Gasteiger partial charge is 0.130 e. The van der Waals surface area contributed by atoms with E-state index in [1.165, 1.54) is 18.2 Å². The Morgan fingerprint density at radius 2 is 2.00 bits per heavy atom. The fraction of sp³-hybridized carbons (Fsp3) is 0.400. The summed E-state index contributed by atoms with van der Waals surface area (Å²) in [4.78, 5) is 4.16. The van der Waals surface area contributed by atoms with Crippen LogP contribution >= 0.6 is 0 Å². The molecule has 0 radical (unpaired) electrons. The quantitative estimate of drug-likeness (QED) is 0.881. The van der Waals surface area contributed by atoms with Crippen LogP contribution in [0, 0.1) is 24.5 Å². The summed E-state index contributed by atoms with van der Waals surface area (Å²) in [6.07, 6.45) is 3.70. The van der Waals surface area contributed by atoms with Gasteiger partial charge in [-0.25, -0.2) is 13.8 Å². The van der Waals surface area contributed by atoms with Crippen LogP contribution < -0.4 is 5.32 Å². The predicted octanol–water partition coefficient (Wildman–Crippen LogP) is 2.90. The van der Waals surface area contributed by atoms with Crippen LogP contribution in [0.1, 0.15) is 18.3 Å². The van der Waals surface area contributed by atoms with Gasteiger partial charge >= 0.3 is 0 Å². The maximum Gasteiger partial charge on any atom is 0.130 e. The number of nitrogens with zero attached hydrogens (tertiary/aromatic N) is 2. The number of benzene rings is 1. The highest BCUT2D eigenvalue weighted by atomic mass is 19.1. The van der Waals surface area contributed by atoms with Gasteiger partial charge in [0.15, 0.2) is 0 Å². The zero-order chi connectivity index (χ0) is 14.5. The van der Waals surface area contributed by atoms with Crippen LogP contribution in [0.5, 0.6) is 0 Å². The SMILES string of the molecule is Cc1nccn1CC(C)CNCc1c(F)cccc1F. The summed E-state index contributed by atoms with van der Waals surface area (Å²) in [5.41, 5.74) is 0.0958. The Morgan fingerprint density at radius 3 is 2.60 bits per heavy atom. The van der Waals surface area contributed by atoms with Crippen molar-refractivity contribution in [2.24, 2.45) is 5.92 Å². The number of nitrogens with one attached hydrogen (secondary N) is 1. The van der Waals surface area contributed by atoms with E-state index in [-0.39, 0.29) is 12.1 Å². The van der Waals surface area contributed by atoms with Crippen molar-refractivity contribution in [3.05, 3.63) is 53.6 Å². The molecule has 108 valence electrons. The number of aryl methyl sites for hydroxylation is 1. The molecule has 2 rings (SSSR count). The Hall–Kier alpha value is -1.75. The molecule has 1 N–H and O–H groups in total. The largest absolute Gasteiger partial charge is 0.335 e. The van der Waals surface area contributed by atoms with E-state index < -0.39 is 11.6 Å². The minimum Gasteiger partial charge on any atom is -0.335 e. The molecule has 1 atom stereocenters. The molecule has 5 heteroatoms. The lowest BCUT2D eigenvalue weighted by molar-refractivity contribution is 0.433. The average Bonchev–Trinajstić information content (AvgIpc) is 2.79. The molecule has 1 aromatic heterocycles. The third-order valence-corrected chi connectivity index (χ3v) is 3.29. The standard InChI is InChI=1S/C15H19F2N3/c1-11(10-20-7-6-19-12(20)2)8-18-9-13-14(16)4-3-5-15(13)17/h3-7,11,18H,8-10H2,1-2H3. The highest BCUT2D eigenvalue weighted by molar-refractivity contribution is 5.19. The van der Waals surface area contributed by atoms with E-state index in [4.69, 9.17) is 0 Å². The van der Waals surface area contributed by atoms with Gasteiger partial charge in [-0.2, -0.15) is 0 Å². The number of aromatic nitrogens is 2. The first-order chi connectivity index (χ1) is 9.58. The number of halogens is 2. The molecular weight excluding hydrogens is 260 g/mol. The highest BCUT2D eigenvalue weighted by Crippen LogP contribution is 2.11. The molecule has 1 unspecified atom stereocenters. The van der Waals surface area contributed by atoms with Crippen molar-refractivity contribution in [3.8, 4) is 0 Å². The summed E-state index contributed by atoms with van der Waals surface area (Å²) in [6.45, 7) is 5.76. The number of hydrogen-bond donors (Lipinski definition) is 1. The molecule has 0 aliphatic carbocycles. The Labute approximate surface area is 117 Å². The minimum atomic E-state index is -0.504. The number of imidazole rings is 1. The van der Waals surface area contributed by atoms with Crippen molar-refractivity contribution in [3.63, 3.8) is 0 Å². The molecule has 0 amide bonds. The van der Waals surface area contributed by atoms with Crippen molar-refractivity contribution in [1.82, 2.24) is 14.9 Å². The second-order valence-corrected chi connectivity index (χ2v) is 5.06. The molecule has 1 heterocycles. The van der Waals surface area contributed by atoms with E-state index in [9.17, 15) is 8.78 Å². The van der Waals surface area contributed by atoms with Gasteiger partial charge < -0.3 is 9.88 Å². The maximum absolute atomic E-state index is 13.4. The third kappa shape index (κ3) is 3.63. The predicted molar refractivity (Wildman–Crippen MR) is 74.2 cm³/mol. The van der Waals surface area contributed by atoms with Crippen LogP contribution in [0.2, 0.25) is 0 Å². The van der Waals surface area contributed by atoms with Crippen molar-refractivity contribution >= 4 is 0 Å². The zero-order valence-corrected chi connectivity index (χ0v) is 11.7. The van der Waals surface area contributed by atoms with Gasteiger partial charge in [0.05, 0.1) is 0 Å². The maximum atomic E-state index is 13.4. The first-order valence-corrected chi connectivity index (χ1v) is 6.69. The van der Waals surface area contributed by atoms with E-state index >= 15 is 0 Å². The summed E-state index contributed by atoms with van der Waals surface area (Å²) in [5, 5.41) is 3.10. The van der Waals surface area contributed by atoms with Crippen LogP contribution in [0.4, 0.5) is 8.78 Å². The minimum absolute atomic E-state index is 0.0958. The first-order valence-electron chi connectivity index (χ1n) is 6.69. The van der Waals surface area contributed by atoms with Gasteiger partial charge in [-0.05, 0) is 31.5 Å². The van der Waals surface area contributed by atoms with E-state index in [2.05, 4.69) is 21.8 Å². The van der Waals surface area contributed by atoms with Gasteiger partial charge in [-0.3, -0.25) is 0 Å². The van der Waals surface area contributed by atoms with Gasteiger partial charge in [0.1, 0.15) is 17.5 Å². The molecule has 20 heavy (non-hydrogen) atoms. The second kappa shape index (κ2) is 6.61. The number of rotatable bonds is 6. The van der Waals surface area contributed by atoms with E-state index in [0.29, 0.717) is 12.5 Å². The van der Waals surface area contributed by atoms with Crippen molar-refractivity contribution in [2.45, 2.75) is 26.9 Å². The molecule has 0 aliphatic heterocycles. The summed E-state index contributed by atoms with van der Waals surface area (Å²) in [5.74, 6) is 0.306. The Balaban J connectivity index is 1.82. The molecule has 0 saturated carbocycles. The normalized spacial score (nSPS) is 12.6. The molecule has 0 aliphatic rings. The van der Waals surface area contributed by atoms with Gasteiger partial charge in [-0.15, -0.1) is 0 Å². The molecule has 2 aromatic rings. The Kier molecular flexibility index (Phi) is 4.84. The van der Waals surface area contributed by atoms with Crippen molar-refractivity contribution in [2.75, 3.05) is 6.54 Å². The van der Waals surface area contributed by atoms with Crippen LogP contribution in [-0.2, 0) is 13.1 Å². The van der Waals surface area contributed by atoms with Crippen LogP contribution in [0.15, 0.2) is 30.6 Å². The van der Waals surface area contributed by atoms with Gasteiger partial charge in [0.2, 0.25) is 0 Å². The molecule has 0 bridgehead atoms. The summed E-state index contributed by atoms with van der Waals surface area (Å²) in [7, 11) is 0. The van der Waals surface area contributed by atoms with E-state index in [1.807, 2.05) is 13.1 Å². The molecule has 1 aromatic carbocycles. The molecule has 0 saturated heterocycles. The lowest BCUT2D eigenvalue weighted by Crippen LogP contribution is -2.24. The molecular formula is C15H19F2N3. The van der Waals surface area contributed by atoms with E-state index in [0.717, 1.165) is 12.4 Å². The van der Waals surface area contributed by atoms with Crippen LogP contribution in [0.25, 0.3) is 0 Å². The fourth-order valence-electron chi connectivity index (χ4n) is 2.14. The molecule has 0 spiro atoms. The lowest BCUT2D eigenvalue weighted by Gasteiger charge is -2.15. The summed E-state index contributed by atoms with van der Waals surface area (Å²) < 4.78 is 28.9. The van der Waals surface area contributed by atoms with E-state index in [1.54, 1.807) is 6.20 Å². The van der Waals surface area contributed by atoms with Gasteiger partial charge in [0, 0.05) is 31.0 Å². The van der Waals surface area contributed by atoms with Gasteiger partial charge in [-0.1, -0.05) is 13.0 Å². The van der Waals surface area contributed by atoms with Crippen molar-refractivity contribution in [1.29, 1.82) is 0 Å². The zero-order valence-electron chi connectivity index (χ0n) is 11.7. The molecule has 3 nitrogen and oxygen atoms in total. The first kappa shape index (κ1) is 14.7. The second-order valence-electron chi connectivity index (χ2n) is 5.06. The topological polar surface area (TPSA) is 29.9 Å². The van der Waals surface area contributed by atoms with Crippen LogP contribution in [0.3, 0.4) is 0 Å².